The van der Waals surface area contributed by atoms with Crippen LogP contribution in [0.3, 0.4) is 0 Å². The number of rotatable bonds is 6. The first kappa shape index (κ1) is 13.9. The van der Waals surface area contributed by atoms with E-state index in [-0.39, 0.29) is 0 Å². The highest BCUT2D eigenvalue weighted by molar-refractivity contribution is 4.82. The molecule has 1 saturated heterocycles. The summed E-state index contributed by atoms with van der Waals surface area (Å²) in [6.45, 7) is 8.07. The smallest absolute Gasteiger partial charge is 0.0768 e. The van der Waals surface area contributed by atoms with Gasteiger partial charge in [0.25, 0.3) is 0 Å². The summed E-state index contributed by atoms with van der Waals surface area (Å²) in [6, 6.07) is 0. The molecule has 1 heterocycles. The van der Waals surface area contributed by atoms with Gasteiger partial charge in [-0.25, -0.2) is 0 Å². The lowest BCUT2D eigenvalue weighted by molar-refractivity contribution is -0.0117. The van der Waals surface area contributed by atoms with Crippen molar-refractivity contribution in [3.05, 3.63) is 0 Å². The van der Waals surface area contributed by atoms with Crippen LogP contribution in [-0.2, 0) is 0 Å². The number of hydrogen-bond acceptors (Lipinski definition) is 3. The summed E-state index contributed by atoms with van der Waals surface area (Å²) in [6.07, 6.45) is 5.37. The fraction of sp³-hybridized carbons (Fsp3) is 1.00. The first-order valence-electron chi connectivity index (χ1n) is 6.78. The van der Waals surface area contributed by atoms with Crippen molar-refractivity contribution in [3.63, 3.8) is 0 Å². The summed E-state index contributed by atoms with van der Waals surface area (Å²) in [7, 11) is 0. The molecule has 96 valence electrons. The van der Waals surface area contributed by atoms with Crippen molar-refractivity contribution in [1.29, 1.82) is 0 Å². The number of piperidine rings is 1. The predicted octanol–water partition coefficient (Wildman–Crippen LogP) is 1.60. The first-order valence-corrected chi connectivity index (χ1v) is 6.78. The van der Waals surface area contributed by atoms with Crippen LogP contribution in [0.2, 0.25) is 0 Å². The van der Waals surface area contributed by atoms with Crippen LogP contribution in [0.15, 0.2) is 0 Å². The molecule has 0 spiro atoms. The van der Waals surface area contributed by atoms with Crippen LogP contribution in [0.5, 0.6) is 0 Å². The molecule has 1 rings (SSSR count). The molecule has 3 heteroatoms. The number of β-amino-alcohol motifs (C(OH)–C–C–N with tert-alkyl or cyclic N) is 1. The summed E-state index contributed by atoms with van der Waals surface area (Å²) >= 11 is 0. The summed E-state index contributed by atoms with van der Waals surface area (Å²) in [4.78, 5) is 2.42. The number of aliphatic hydroxyl groups is 1. The Labute approximate surface area is 100 Å². The van der Waals surface area contributed by atoms with Gasteiger partial charge in [0.05, 0.1) is 5.60 Å². The molecule has 0 radical (unpaired) electrons. The maximum atomic E-state index is 10.3. The van der Waals surface area contributed by atoms with E-state index in [0.717, 1.165) is 44.9 Å². The Bertz CT molecular complexity index is 184. The monoisotopic (exact) mass is 228 g/mol. The third kappa shape index (κ3) is 4.04. The van der Waals surface area contributed by atoms with Gasteiger partial charge >= 0.3 is 0 Å². The quantitative estimate of drug-likeness (QED) is 0.726. The van der Waals surface area contributed by atoms with E-state index in [2.05, 4.69) is 18.7 Å². The van der Waals surface area contributed by atoms with Crippen LogP contribution in [0.1, 0.15) is 46.0 Å². The van der Waals surface area contributed by atoms with Gasteiger partial charge in [-0.1, -0.05) is 13.8 Å². The zero-order valence-corrected chi connectivity index (χ0v) is 10.9. The zero-order valence-electron chi connectivity index (χ0n) is 10.9. The van der Waals surface area contributed by atoms with E-state index in [4.69, 9.17) is 5.73 Å². The minimum atomic E-state index is -0.472. The van der Waals surface area contributed by atoms with E-state index in [1.165, 1.54) is 19.3 Å². The van der Waals surface area contributed by atoms with Gasteiger partial charge in [-0.05, 0) is 57.7 Å². The normalized spacial score (nSPS) is 20.2. The number of likely N-dealkylation sites (tertiary alicyclic amines) is 1. The second kappa shape index (κ2) is 6.58. The Morgan fingerprint density at radius 2 is 1.81 bits per heavy atom. The molecule has 1 fully saturated rings. The van der Waals surface area contributed by atoms with Gasteiger partial charge in [-0.2, -0.15) is 0 Å². The zero-order chi connectivity index (χ0) is 12.0. The van der Waals surface area contributed by atoms with Gasteiger partial charge in [0.15, 0.2) is 0 Å². The van der Waals surface area contributed by atoms with Crippen LogP contribution in [0.4, 0.5) is 0 Å². The lowest BCUT2D eigenvalue weighted by Gasteiger charge is -2.37. The Hall–Kier alpha value is -0.120. The summed E-state index contributed by atoms with van der Waals surface area (Å²) < 4.78 is 0. The second-order valence-corrected chi connectivity index (χ2v) is 5.23. The van der Waals surface area contributed by atoms with E-state index >= 15 is 0 Å². The van der Waals surface area contributed by atoms with Crippen molar-refractivity contribution in [2.24, 2.45) is 11.7 Å². The lowest BCUT2D eigenvalue weighted by Crippen LogP contribution is -2.45. The molecule has 0 aromatic heterocycles. The molecule has 0 saturated carbocycles. The second-order valence-electron chi connectivity index (χ2n) is 5.23. The molecule has 1 aliphatic heterocycles. The number of nitrogens with two attached hydrogens (primary N) is 1. The van der Waals surface area contributed by atoms with Gasteiger partial charge in [0, 0.05) is 6.54 Å². The van der Waals surface area contributed by atoms with E-state index in [1.807, 2.05) is 0 Å². The lowest BCUT2D eigenvalue weighted by atomic mass is 9.91. The van der Waals surface area contributed by atoms with Crippen molar-refractivity contribution >= 4 is 0 Å². The van der Waals surface area contributed by atoms with Crippen LogP contribution in [-0.4, -0.2) is 41.8 Å². The van der Waals surface area contributed by atoms with Crippen molar-refractivity contribution in [1.82, 2.24) is 4.90 Å². The van der Waals surface area contributed by atoms with Crippen LogP contribution in [0, 0.1) is 5.92 Å². The molecule has 0 unspecified atom stereocenters. The average Bonchev–Trinajstić information content (AvgIpc) is 2.32. The standard InChI is InChI=1S/C13H28N2O/c1-3-13(16,4-2)11-15-9-6-12(5-8-14)7-10-15/h12,16H,3-11,14H2,1-2H3. The Kier molecular flexibility index (Phi) is 5.73. The molecule has 0 bridgehead atoms. The topological polar surface area (TPSA) is 49.5 Å². The van der Waals surface area contributed by atoms with Crippen molar-refractivity contribution in [2.45, 2.75) is 51.6 Å². The molecule has 0 atom stereocenters. The van der Waals surface area contributed by atoms with Gasteiger partial charge in [0.2, 0.25) is 0 Å². The molecule has 3 N–H and O–H groups in total. The largest absolute Gasteiger partial charge is 0.389 e. The summed E-state index contributed by atoms with van der Waals surface area (Å²) in [5, 5.41) is 10.3. The minimum absolute atomic E-state index is 0.472. The molecule has 0 aromatic carbocycles. The SMILES string of the molecule is CCC(O)(CC)CN1CCC(CCN)CC1. The van der Waals surface area contributed by atoms with Crippen molar-refractivity contribution in [3.8, 4) is 0 Å². The van der Waals surface area contributed by atoms with Crippen molar-refractivity contribution < 1.29 is 5.11 Å². The van der Waals surface area contributed by atoms with Gasteiger partial charge in [-0.15, -0.1) is 0 Å². The summed E-state index contributed by atoms with van der Waals surface area (Å²) in [5.41, 5.74) is 5.11. The highest BCUT2D eigenvalue weighted by Gasteiger charge is 2.27. The van der Waals surface area contributed by atoms with E-state index in [0.29, 0.717) is 0 Å². The highest BCUT2D eigenvalue weighted by atomic mass is 16.3. The Morgan fingerprint density at radius 1 is 1.25 bits per heavy atom. The van der Waals surface area contributed by atoms with E-state index in [9.17, 15) is 5.11 Å². The van der Waals surface area contributed by atoms with Crippen molar-refractivity contribution in [2.75, 3.05) is 26.2 Å². The average molecular weight is 228 g/mol. The van der Waals surface area contributed by atoms with Crippen LogP contribution in [0.25, 0.3) is 0 Å². The first-order chi connectivity index (χ1) is 7.63. The molecule has 0 amide bonds. The maximum absolute atomic E-state index is 10.3. The molecule has 16 heavy (non-hydrogen) atoms. The van der Waals surface area contributed by atoms with E-state index < -0.39 is 5.60 Å². The fourth-order valence-corrected chi connectivity index (χ4v) is 2.56. The molecular formula is C13H28N2O. The summed E-state index contributed by atoms with van der Waals surface area (Å²) in [5.74, 6) is 0.817. The fourth-order valence-electron chi connectivity index (χ4n) is 2.56. The maximum Gasteiger partial charge on any atom is 0.0768 e. The Balaban J connectivity index is 2.31. The molecular weight excluding hydrogens is 200 g/mol. The number of hydrogen-bond donors (Lipinski definition) is 2. The third-order valence-corrected chi connectivity index (χ3v) is 4.12. The number of nitrogens with zero attached hydrogens (tertiary/aromatic N) is 1. The molecule has 0 aliphatic carbocycles. The predicted molar refractivity (Wildman–Crippen MR) is 68.4 cm³/mol. The van der Waals surface area contributed by atoms with Gasteiger partial charge in [0.1, 0.15) is 0 Å². The Morgan fingerprint density at radius 3 is 2.25 bits per heavy atom. The molecule has 1 aliphatic rings. The molecule has 0 aromatic rings. The van der Waals surface area contributed by atoms with Gasteiger partial charge < -0.3 is 15.7 Å². The molecule has 3 nitrogen and oxygen atoms in total. The van der Waals surface area contributed by atoms with Gasteiger partial charge in [-0.3, -0.25) is 0 Å². The van der Waals surface area contributed by atoms with Crippen LogP contribution >= 0.6 is 0 Å². The third-order valence-electron chi connectivity index (χ3n) is 4.12. The van der Waals surface area contributed by atoms with Crippen LogP contribution < -0.4 is 5.73 Å². The van der Waals surface area contributed by atoms with E-state index in [1.54, 1.807) is 0 Å². The highest BCUT2D eigenvalue weighted by Crippen LogP contribution is 2.23. The minimum Gasteiger partial charge on any atom is -0.389 e.